The second kappa shape index (κ2) is 14.9. The van der Waals surface area contributed by atoms with Crippen LogP contribution >= 0.6 is 0 Å². The molecule has 0 aliphatic carbocycles. The van der Waals surface area contributed by atoms with Crippen molar-refractivity contribution in [2.45, 2.75) is 59.3 Å². The Morgan fingerprint density at radius 3 is 1.35 bits per heavy atom. The highest BCUT2D eigenvalue weighted by atomic mass is 15.2. The lowest BCUT2D eigenvalue weighted by atomic mass is 9.33. The van der Waals surface area contributed by atoms with Crippen LogP contribution < -0.4 is 26.2 Å². The predicted octanol–water partition coefficient (Wildman–Crippen LogP) is 13.8. The first kappa shape index (κ1) is 36.5. The third-order valence-corrected chi connectivity index (χ3v) is 13.1. The summed E-state index contributed by atoms with van der Waals surface area (Å²) in [5, 5.41) is 7.82. The first-order chi connectivity index (χ1) is 29.6. The summed E-state index contributed by atoms with van der Waals surface area (Å²) in [6.45, 7) is 6.96. The van der Waals surface area contributed by atoms with E-state index in [0.29, 0.717) is 0 Å². The van der Waals surface area contributed by atoms with Crippen molar-refractivity contribution in [3.8, 4) is 11.1 Å². The van der Waals surface area contributed by atoms with Gasteiger partial charge in [-0.15, -0.1) is 0 Å². The van der Waals surface area contributed by atoms with Crippen LogP contribution in [0.3, 0.4) is 0 Å². The minimum atomic E-state index is 0.125. The van der Waals surface area contributed by atoms with Gasteiger partial charge in [0.25, 0.3) is 6.71 Å². The van der Waals surface area contributed by atoms with Gasteiger partial charge in [0.1, 0.15) is 0 Å². The molecule has 2 heterocycles. The summed E-state index contributed by atoms with van der Waals surface area (Å²) < 4.78 is 0. The molecule has 2 nitrogen and oxygen atoms in total. The predicted molar refractivity (Wildman–Crippen MR) is 260 cm³/mol. The lowest BCUT2D eigenvalue weighted by molar-refractivity contribution is 0.921. The molecule has 11 rings (SSSR count). The molecule has 0 atom stereocenters. The molecule has 0 fully saturated rings. The molecule has 0 N–H and O–H groups in total. The van der Waals surface area contributed by atoms with E-state index in [1.165, 1.54) is 111 Å². The molecule has 0 unspecified atom stereocenters. The summed E-state index contributed by atoms with van der Waals surface area (Å²) in [6.07, 6.45) is 6.63. The average molecular weight is 773 g/mol. The van der Waals surface area contributed by atoms with Gasteiger partial charge in [-0.3, -0.25) is 0 Å². The van der Waals surface area contributed by atoms with Gasteiger partial charge in [-0.05, 0) is 144 Å². The summed E-state index contributed by atoms with van der Waals surface area (Å²) in [5.74, 6) is 0. The SMILES string of the molecule is CCCc1ccc(N2c3ccc(CCC)cc3B3c4cc(CCC)ccc4N(c4ccc(-c5cccc6c7ccccc7c7ccccc7c56)cc4)c4cccc2c43)cc1. The second-order valence-corrected chi connectivity index (χ2v) is 16.9. The Morgan fingerprint density at radius 1 is 0.383 bits per heavy atom. The number of benzene rings is 9. The standard InChI is InChI=1S/C57H49BN2/c1-4-13-38-24-30-42(31-25-38)59-52-34-26-39(14-5-2)36-50(52)58-51-37-40(15-6-3)27-35-53(51)60(55-23-12-22-54(59)57(55)58)43-32-28-41(29-33-43)44-20-11-21-49-47-17-8-7-16-45(47)46-18-9-10-19-48(46)56(44)49/h7-12,16-37H,4-6,13-15H2,1-3H3. The van der Waals surface area contributed by atoms with Crippen molar-refractivity contribution in [3.63, 3.8) is 0 Å². The maximum absolute atomic E-state index is 2.54. The molecular weight excluding hydrogens is 723 g/mol. The van der Waals surface area contributed by atoms with Crippen molar-refractivity contribution >= 4 is 89.5 Å². The van der Waals surface area contributed by atoms with Gasteiger partial charge in [-0.25, -0.2) is 0 Å². The molecule has 0 aromatic heterocycles. The van der Waals surface area contributed by atoms with E-state index in [2.05, 4.69) is 200 Å². The van der Waals surface area contributed by atoms with Crippen molar-refractivity contribution in [1.29, 1.82) is 0 Å². The van der Waals surface area contributed by atoms with Gasteiger partial charge in [0, 0.05) is 34.1 Å². The number of aryl methyl sites for hydroxylation is 3. The summed E-state index contributed by atoms with van der Waals surface area (Å²) in [4.78, 5) is 5.08. The highest BCUT2D eigenvalue weighted by molar-refractivity contribution is 7.00. The Balaban J connectivity index is 1.11. The van der Waals surface area contributed by atoms with E-state index >= 15 is 0 Å². The van der Waals surface area contributed by atoms with Crippen LogP contribution in [0.5, 0.6) is 0 Å². The van der Waals surface area contributed by atoms with Crippen LogP contribution in [-0.2, 0) is 19.3 Å². The van der Waals surface area contributed by atoms with Gasteiger partial charge in [0.05, 0.1) is 0 Å². The highest BCUT2D eigenvalue weighted by Gasteiger charge is 2.43. The van der Waals surface area contributed by atoms with Crippen LogP contribution in [-0.4, -0.2) is 6.71 Å². The van der Waals surface area contributed by atoms with Crippen molar-refractivity contribution in [3.05, 3.63) is 187 Å². The van der Waals surface area contributed by atoms with E-state index in [1.54, 1.807) is 0 Å². The molecule has 3 heteroatoms. The van der Waals surface area contributed by atoms with Gasteiger partial charge in [0.15, 0.2) is 0 Å². The van der Waals surface area contributed by atoms with Crippen LogP contribution in [0.15, 0.2) is 170 Å². The van der Waals surface area contributed by atoms with Crippen molar-refractivity contribution in [2.24, 2.45) is 0 Å². The molecular formula is C57H49BN2. The van der Waals surface area contributed by atoms with Crippen LogP contribution in [0.1, 0.15) is 56.7 Å². The number of anilines is 6. The smallest absolute Gasteiger partial charge is 0.252 e. The van der Waals surface area contributed by atoms with E-state index in [9.17, 15) is 0 Å². The van der Waals surface area contributed by atoms with Crippen LogP contribution in [0.4, 0.5) is 34.1 Å². The molecule has 290 valence electrons. The van der Waals surface area contributed by atoms with E-state index in [4.69, 9.17) is 0 Å². The van der Waals surface area contributed by atoms with Gasteiger partial charge in [-0.2, -0.15) is 0 Å². The maximum atomic E-state index is 2.54. The minimum absolute atomic E-state index is 0.125. The van der Waals surface area contributed by atoms with Gasteiger partial charge < -0.3 is 9.80 Å². The first-order valence-electron chi connectivity index (χ1n) is 22.2. The summed E-state index contributed by atoms with van der Waals surface area (Å²) >= 11 is 0. The molecule has 2 aliphatic rings. The molecule has 60 heavy (non-hydrogen) atoms. The second-order valence-electron chi connectivity index (χ2n) is 16.9. The quantitative estimate of drug-likeness (QED) is 0.106. The summed E-state index contributed by atoms with van der Waals surface area (Å²) in [6, 6.07) is 64.9. The Labute approximate surface area is 354 Å². The monoisotopic (exact) mass is 772 g/mol. The Hall–Kier alpha value is -6.58. The summed E-state index contributed by atoms with van der Waals surface area (Å²) in [7, 11) is 0. The number of fused-ring (bicyclic) bond motifs is 10. The number of nitrogens with zero attached hydrogens (tertiary/aromatic N) is 2. The highest BCUT2D eigenvalue weighted by Crippen LogP contribution is 2.45. The molecule has 9 aromatic carbocycles. The molecule has 0 bridgehead atoms. The zero-order valence-electron chi connectivity index (χ0n) is 34.9. The summed E-state index contributed by atoms with van der Waals surface area (Å²) in [5.41, 5.74) is 18.3. The lowest BCUT2D eigenvalue weighted by Crippen LogP contribution is -2.61. The largest absolute Gasteiger partial charge is 0.311 e. The minimum Gasteiger partial charge on any atom is -0.311 e. The Kier molecular flexibility index (Phi) is 9.07. The molecule has 0 spiro atoms. The van der Waals surface area contributed by atoms with Crippen molar-refractivity contribution in [2.75, 3.05) is 9.80 Å². The maximum Gasteiger partial charge on any atom is 0.252 e. The fourth-order valence-corrected chi connectivity index (χ4v) is 10.6. The zero-order chi connectivity index (χ0) is 40.3. The third kappa shape index (κ3) is 5.78. The molecule has 0 saturated heterocycles. The van der Waals surface area contributed by atoms with Crippen LogP contribution in [0.2, 0.25) is 0 Å². The van der Waals surface area contributed by atoms with E-state index < -0.39 is 0 Å². The third-order valence-electron chi connectivity index (χ3n) is 13.1. The fourth-order valence-electron chi connectivity index (χ4n) is 10.6. The van der Waals surface area contributed by atoms with Crippen molar-refractivity contribution < 1.29 is 0 Å². The van der Waals surface area contributed by atoms with E-state index in [1.807, 2.05) is 0 Å². The van der Waals surface area contributed by atoms with Crippen LogP contribution in [0.25, 0.3) is 43.4 Å². The van der Waals surface area contributed by atoms with Gasteiger partial charge >= 0.3 is 0 Å². The zero-order valence-corrected chi connectivity index (χ0v) is 34.9. The molecule has 2 aliphatic heterocycles. The molecule has 0 amide bonds. The Bertz CT molecular complexity index is 3050. The van der Waals surface area contributed by atoms with E-state index in [0.717, 1.165) is 38.5 Å². The fraction of sp³-hybridized carbons (Fsp3) is 0.158. The van der Waals surface area contributed by atoms with Crippen LogP contribution in [0, 0.1) is 0 Å². The topological polar surface area (TPSA) is 6.48 Å². The molecule has 0 radical (unpaired) electrons. The average Bonchev–Trinajstić information content (AvgIpc) is 3.30. The van der Waals surface area contributed by atoms with Crippen molar-refractivity contribution in [1.82, 2.24) is 0 Å². The Morgan fingerprint density at radius 2 is 0.817 bits per heavy atom. The lowest BCUT2D eigenvalue weighted by Gasteiger charge is -2.44. The first-order valence-corrected chi connectivity index (χ1v) is 22.2. The molecule has 9 aromatic rings. The molecule has 0 saturated carbocycles. The number of rotatable bonds is 9. The van der Waals surface area contributed by atoms with Gasteiger partial charge in [0.2, 0.25) is 0 Å². The normalized spacial score (nSPS) is 12.9. The van der Waals surface area contributed by atoms with Gasteiger partial charge in [-0.1, -0.05) is 161 Å². The number of hydrogen-bond donors (Lipinski definition) is 0. The van der Waals surface area contributed by atoms with E-state index in [-0.39, 0.29) is 6.71 Å². The number of hydrogen-bond acceptors (Lipinski definition) is 2.